The van der Waals surface area contributed by atoms with Gasteiger partial charge in [0, 0.05) is 12.3 Å². The Morgan fingerprint density at radius 2 is 1.43 bits per heavy atom. The SMILES string of the molecule is O=[N+]([O-])c1ccc(Oc2ccc(C=Nc3ccc(Oc4ccccc4)cc3)cc2Cl)c([N+](=O)[O-])c1. The molecule has 4 aromatic rings. The molecule has 4 rings (SSSR count). The second kappa shape index (κ2) is 10.4. The highest BCUT2D eigenvalue weighted by molar-refractivity contribution is 6.32. The van der Waals surface area contributed by atoms with Gasteiger partial charge < -0.3 is 9.47 Å². The smallest absolute Gasteiger partial charge is 0.318 e. The average molecular weight is 490 g/mol. The Morgan fingerprint density at radius 1 is 0.743 bits per heavy atom. The maximum atomic E-state index is 11.3. The summed E-state index contributed by atoms with van der Waals surface area (Å²) in [5.41, 5.74) is 0.412. The van der Waals surface area contributed by atoms with E-state index in [4.69, 9.17) is 21.1 Å². The van der Waals surface area contributed by atoms with Gasteiger partial charge in [-0.1, -0.05) is 29.8 Å². The Morgan fingerprint density at radius 3 is 2.09 bits per heavy atom. The van der Waals surface area contributed by atoms with Gasteiger partial charge in [-0.3, -0.25) is 25.2 Å². The number of aliphatic imine (C=N–C) groups is 1. The van der Waals surface area contributed by atoms with Crippen molar-refractivity contribution >= 4 is 34.9 Å². The van der Waals surface area contributed by atoms with Crippen molar-refractivity contribution in [2.24, 2.45) is 4.99 Å². The van der Waals surface area contributed by atoms with E-state index >= 15 is 0 Å². The Bertz CT molecular complexity index is 1410. The van der Waals surface area contributed by atoms with Crippen molar-refractivity contribution in [1.29, 1.82) is 0 Å². The van der Waals surface area contributed by atoms with E-state index in [2.05, 4.69) is 4.99 Å². The maximum absolute atomic E-state index is 11.3. The highest BCUT2D eigenvalue weighted by atomic mass is 35.5. The van der Waals surface area contributed by atoms with E-state index in [1.165, 1.54) is 6.07 Å². The molecule has 0 heterocycles. The molecule has 0 atom stereocenters. The Hall–Kier alpha value is -4.76. The summed E-state index contributed by atoms with van der Waals surface area (Å²) in [6, 6.07) is 24.6. The van der Waals surface area contributed by atoms with Crippen molar-refractivity contribution < 1.29 is 19.3 Å². The molecular weight excluding hydrogens is 474 g/mol. The summed E-state index contributed by atoms with van der Waals surface area (Å²) in [6.45, 7) is 0. The molecule has 0 aliphatic carbocycles. The molecule has 0 fully saturated rings. The first kappa shape index (κ1) is 23.4. The summed E-state index contributed by atoms with van der Waals surface area (Å²) < 4.78 is 11.3. The largest absolute Gasteiger partial charge is 0.457 e. The van der Waals surface area contributed by atoms with Gasteiger partial charge in [-0.2, -0.15) is 0 Å². The number of nitro groups is 2. The molecule has 4 aromatic carbocycles. The third-order valence-electron chi connectivity index (χ3n) is 4.70. The van der Waals surface area contributed by atoms with Gasteiger partial charge in [0.15, 0.2) is 0 Å². The molecule has 0 amide bonds. The number of nitrogens with zero attached hydrogens (tertiary/aromatic N) is 3. The lowest BCUT2D eigenvalue weighted by atomic mass is 10.2. The fourth-order valence-electron chi connectivity index (χ4n) is 3.02. The van der Waals surface area contributed by atoms with Crippen LogP contribution in [-0.4, -0.2) is 16.1 Å². The van der Waals surface area contributed by atoms with Gasteiger partial charge in [-0.25, -0.2) is 0 Å². The van der Waals surface area contributed by atoms with Crippen molar-refractivity contribution in [1.82, 2.24) is 0 Å². The van der Waals surface area contributed by atoms with Crippen molar-refractivity contribution in [3.63, 3.8) is 0 Å². The number of halogens is 1. The van der Waals surface area contributed by atoms with E-state index in [0.29, 0.717) is 17.0 Å². The van der Waals surface area contributed by atoms with Gasteiger partial charge in [-0.05, 0) is 66.2 Å². The summed E-state index contributed by atoms with van der Waals surface area (Å²) >= 11 is 6.29. The van der Waals surface area contributed by atoms with Crippen molar-refractivity contribution in [2.45, 2.75) is 0 Å². The van der Waals surface area contributed by atoms with Crippen LogP contribution in [0.5, 0.6) is 23.0 Å². The molecule has 0 saturated heterocycles. The highest BCUT2D eigenvalue weighted by Crippen LogP contribution is 2.37. The zero-order valence-electron chi connectivity index (χ0n) is 17.9. The quantitative estimate of drug-likeness (QED) is 0.144. The molecule has 0 aliphatic rings. The van der Waals surface area contributed by atoms with Crippen molar-refractivity contribution in [3.8, 4) is 23.0 Å². The van der Waals surface area contributed by atoms with Crippen LogP contribution in [0.25, 0.3) is 0 Å². The predicted octanol–water partition coefficient (Wildman–Crippen LogP) is 7.49. The van der Waals surface area contributed by atoms with Crippen molar-refractivity contribution in [3.05, 3.63) is 122 Å². The van der Waals surface area contributed by atoms with E-state index in [1.807, 2.05) is 42.5 Å². The summed E-state index contributed by atoms with van der Waals surface area (Å²) in [5, 5.41) is 22.4. The van der Waals surface area contributed by atoms with Crippen molar-refractivity contribution in [2.75, 3.05) is 0 Å². The highest BCUT2D eigenvalue weighted by Gasteiger charge is 2.21. The number of para-hydroxylation sites is 1. The standard InChI is InChI=1S/C25H16ClN3O6/c26-22-14-17(16-27-18-7-10-21(11-8-18)34-20-4-2-1-3-5-20)6-12-24(22)35-25-13-9-19(28(30)31)15-23(25)29(32)33/h1-16H. The van der Waals surface area contributed by atoms with Crippen LogP contribution >= 0.6 is 11.6 Å². The van der Waals surface area contributed by atoms with Gasteiger partial charge in [0.25, 0.3) is 5.69 Å². The van der Waals surface area contributed by atoms with Crippen LogP contribution in [0.15, 0.2) is 96.0 Å². The fraction of sp³-hybridized carbons (Fsp3) is 0. The molecule has 0 spiro atoms. The zero-order valence-corrected chi connectivity index (χ0v) is 18.7. The minimum absolute atomic E-state index is 0.156. The summed E-state index contributed by atoms with van der Waals surface area (Å²) in [6.07, 6.45) is 1.61. The second-order valence-electron chi connectivity index (χ2n) is 7.13. The molecule has 0 aliphatic heterocycles. The second-order valence-corrected chi connectivity index (χ2v) is 7.53. The summed E-state index contributed by atoms with van der Waals surface area (Å²) in [5.74, 6) is 1.41. The van der Waals surface area contributed by atoms with E-state index < -0.39 is 21.2 Å². The van der Waals surface area contributed by atoms with Gasteiger partial charge in [0.05, 0.1) is 26.6 Å². The van der Waals surface area contributed by atoms with Gasteiger partial charge in [0.2, 0.25) is 5.75 Å². The third kappa shape index (κ3) is 5.98. The first-order valence-electron chi connectivity index (χ1n) is 10.2. The minimum atomic E-state index is -0.757. The van der Waals surface area contributed by atoms with Crippen LogP contribution in [0.4, 0.5) is 17.1 Å². The molecule has 0 unspecified atom stereocenters. The van der Waals surface area contributed by atoms with E-state index in [-0.39, 0.29) is 16.5 Å². The number of ether oxygens (including phenoxy) is 2. The number of hydrogen-bond acceptors (Lipinski definition) is 7. The topological polar surface area (TPSA) is 117 Å². The van der Waals surface area contributed by atoms with Crippen LogP contribution in [0, 0.1) is 20.2 Å². The Balaban J connectivity index is 1.46. The van der Waals surface area contributed by atoms with E-state index in [1.54, 1.807) is 30.5 Å². The molecular formula is C25H16ClN3O6. The molecule has 10 heteroatoms. The lowest BCUT2D eigenvalue weighted by Crippen LogP contribution is -1.96. The first-order valence-corrected chi connectivity index (χ1v) is 10.5. The monoisotopic (exact) mass is 489 g/mol. The predicted molar refractivity (Wildman–Crippen MR) is 131 cm³/mol. The molecule has 0 bridgehead atoms. The normalized spacial score (nSPS) is 10.8. The average Bonchev–Trinajstić information content (AvgIpc) is 2.85. The first-order chi connectivity index (χ1) is 16.9. The molecule has 0 saturated carbocycles. The van der Waals surface area contributed by atoms with Crippen LogP contribution in [0.1, 0.15) is 5.56 Å². The molecule has 35 heavy (non-hydrogen) atoms. The van der Waals surface area contributed by atoms with Gasteiger partial charge >= 0.3 is 5.69 Å². The van der Waals surface area contributed by atoms with E-state index in [9.17, 15) is 20.2 Å². The fourth-order valence-corrected chi connectivity index (χ4v) is 3.25. The third-order valence-corrected chi connectivity index (χ3v) is 5.00. The zero-order chi connectivity index (χ0) is 24.8. The molecule has 0 aromatic heterocycles. The molecule has 0 N–H and O–H groups in total. The van der Waals surface area contributed by atoms with Crippen LogP contribution in [0.2, 0.25) is 5.02 Å². The van der Waals surface area contributed by atoms with E-state index in [0.717, 1.165) is 23.9 Å². The minimum Gasteiger partial charge on any atom is -0.457 e. The van der Waals surface area contributed by atoms with Gasteiger partial charge in [0.1, 0.15) is 17.2 Å². The van der Waals surface area contributed by atoms with Crippen LogP contribution < -0.4 is 9.47 Å². The van der Waals surface area contributed by atoms with Crippen LogP contribution in [-0.2, 0) is 0 Å². The Labute approximate surface area is 204 Å². The Kier molecular flexibility index (Phi) is 6.99. The van der Waals surface area contributed by atoms with Crippen LogP contribution in [0.3, 0.4) is 0 Å². The molecule has 9 nitrogen and oxygen atoms in total. The lowest BCUT2D eigenvalue weighted by Gasteiger charge is -2.08. The number of nitro benzene ring substituents is 2. The molecule has 0 radical (unpaired) electrons. The summed E-state index contributed by atoms with van der Waals surface area (Å²) in [7, 11) is 0. The number of hydrogen-bond donors (Lipinski definition) is 0. The maximum Gasteiger partial charge on any atom is 0.318 e. The number of benzene rings is 4. The molecule has 174 valence electrons. The number of non-ortho nitro benzene ring substituents is 1. The number of rotatable bonds is 8. The lowest BCUT2D eigenvalue weighted by molar-refractivity contribution is -0.394. The summed E-state index contributed by atoms with van der Waals surface area (Å²) in [4.78, 5) is 25.1. The van der Waals surface area contributed by atoms with Gasteiger partial charge in [-0.15, -0.1) is 0 Å².